The maximum Gasteiger partial charge on any atom is 0.410 e. The molecule has 0 aromatic carbocycles. The Kier molecular flexibility index (Phi) is 5.26. The molecule has 1 aromatic rings. The van der Waals surface area contributed by atoms with Gasteiger partial charge in [-0.3, -0.25) is 4.79 Å². The number of amides is 2. The van der Waals surface area contributed by atoms with Gasteiger partial charge in [-0.15, -0.1) is 0 Å². The zero-order valence-electron chi connectivity index (χ0n) is 14.4. The smallest absolute Gasteiger partial charge is 0.410 e. The van der Waals surface area contributed by atoms with Crippen molar-refractivity contribution in [3.63, 3.8) is 0 Å². The van der Waals surface area contributed by atoms with Crippen LogP contribution in [0.1, 0.15) is 31.3 Å². The summed E-state index contributed by atoms with van der Waals surface area (Å²) in [6, 6.07) is 1.12. The van der Waals surface area contributed by atoms with E-state index in [-0.39, 0.29) is 11.8 Å². The standard InChI is InChI=1S/C16H23FN4O3/c1-16(2,3)24-15(23)21-7-5-20(6-8-21)13-10-19-12(9-11(13)17)14(22)18-4/h9-10H,5-8H2,1-4H3,(H,18,22). The SMILES string of the molecule is CNC(=O)c1cc(F)c(N2CCN(C(=O)OC(C)(C)C)CC2)cn1. The minimum atomic E-state index is -0.542. The Morgan fingerprint density at radius 2 is 1.88 bits per heavy atom. The molecule has 2 amide bonds. The Hall–Kier alpha value is -2.38. The second-order valence-electron chi connectivity index (χ2n) is 6.55. The van der Waals surface area contributed by atoms with Gasteiger partial charge in [0.25, 0.3) is 5.91 Å². The molecule has 24 heavy (non-hydrogen) atoms. The van der Waals surface area contributed by atoms with Gasteiger partial charge >= 0.3 is 6.09 Å². The molecule has 7 nitrogen and oxygen atoms in total. The molecule has 0 unspecified atom stereocenters. The van der Waals surface area contributed by atoms with Crippen molar-refractivity contribution in [2.45, 2.75) is 26.4 Å². The van der Waals surface area contributed by atoms with E-state index >= 15 is 0 Å². The average molecular weight is 338 g/mol. The third-order valence-corrected chi connectivity index (χ3v) is 3.57. The quantitative estimate of drug-likeness (QED) is 0.887. The lowest BCUT2D eigenvalue weighted by molar-refractivity contribution is 0.0240. The van der Waals surface area contributed by atoms with Gasteiger partial charge in [0, 0.05) is 39.3 Å². The van der Waals surface area contributed by atoms with Crippen molar-refractivity contribution in [1.82, 2.24) is 15.2 Å². The van der Waals surface area contributed by atoms with Gasteiger partial charge in [0.15, 0.2) is 0 Å². The molecule has 0 atom stereocenters. The maximum atomic E-state index is 14.2. The van der Waals surface area contributed by atoms with Crippen LogP contribution >= 0.6 is 0 Å². The van der Waals surface area contributed by atoms with E-state index in [1.807, 2.05) is 20.8 Å². The predicted molar refractivity (Wildman–Crippen MR) is 87.6 cm³/mol. The van der Waals surface area contributed by atoms with Gasteiger partial charge in [0.05, 0.1) is 11.9 Å². The third kappa shape index (κ3) is 4.33. The van der Waals surface area contributed by atoms with Gasteiger partial charge < -0.3 is 19.9 Å². The number of carbonyl (C=O) groups excluding carboxylic acids is 2. The van der Waals surface area contributed by atoms with Gasteiger partial charge in [-0.05, 0) is 20.8 Å². The second kappa shape index (κ2) is 7.02. The van der Waals surface area contributed by atoms with Crippen LogP contribution in [0.15, 0.2) is 12.3 Å². The fraction of sp³-hybridized carbons (Fsp3) is 0.562. The molecular weight excluding hydrogens is 315 g/mol. The largest absolute Gasteiger partial charge is 0.444 e. The van der Waals surface area contributed by atoms with Gasteiger partial charge in [0.2, 0.25) is 0 Å². The first-order valence-electron chi connectivity index (χ1n) is 7.82. The number of pyridine rings is 1. The molecular formula is C16H23FN4O3. The van der Waals surface area contributed by atoms with Crippen molar-refractivity contribution in [3.8, 4) is 0 Å². The minimum absolute atomic E-state index is 0.0335. The fourth-order valence-electron chi connectivity index (χ4n) is 2.36. The monoisotopic (exact) mass is 338 g/mol. The Morgan fingerprint density at radius 1 is 1.25 bits per heavy atom. The van der Waals surface area contributed by atoms with E-state index in [4.69, 9.17) is 4.74 Å². The van der Waals surface area contributed by atoms with Crippen LogP contribution in [0.4, 0.5) is 14.9 Å². The van der Waals surface area contributed by atoms with E-state index in [9.17, 15) is 14.0 Å². The lowest BCUT2D eigenvalue weighted by Gasteiger charge is -2.36. The van der Waals surface area contributed by atoms with Crippen LogP contribution in [0.2, 0.25) is 0 Å². The molecule has 8 heteroatoms. The first-order chi connectivity index (χ1) is 11.2. The lowest BCUT2D eigenvalue weighted by atomic mass is 10.2. The van der Waals surface area contributed by atoms with Gasteiger partial charge in [-0.25, -0.2) is 14.2 Å². The number of halogens is 1. The van der Waals surface area contributed by atoms with E-state index in [0.717, 1.165) is 6.07 Å². The predicted octanol–water partition coefficient (Wildman–Crippen LogP) is 1.64. The van der Waals surface area contributed by atoms with Crippen molar-refractivity contribution in [3.05, 3.63) is 23.8 Å². The molecule has 0 radical (unpaired) electrons. The van der Waals surface area contributed by atoms with Gasteiger partial charge in [0.1, 0.15) is 17.1 Å². The number of nitrogens with zero attached hydrogens (tertiary/aromatic N) is 3. The van der Waals surface area contributed by atoms with E-state index < -0.39 is 17.3 Å². The van der Waals surface area contributed by atoms with E-state index in [2.05, 4.69) is 10.3 Å². The summed E-state index contributed by atoms with van der Waals surface area (Å²) in [5.41, 5.74) is -0.183. The Balaban J connectivity index is 2.00. The number of hydrogen-bond acceptors (Lipinski definition) is 5. The molecule has 1 saturated heterocycles. The van der Waals surface area contributed by atoms with Gasteiger partial charge in [-0.1, -0.05) is 0 Å². The van der Waals surface area contributed by atoms with Crippen LogP contribution in [-0.4, -0.2) is 60.7 Å². The first kappa shape index (κ1) is 18.0. The zero-order chi connectivity index (χ0) is 17.9. The molecule has 0 aliphatic carbocycles. The van der Waals surface area contributed by atoms with Crippen molar-refractivity contribution >= 4 is 17.7 Å². The summed E-state index contributed by atoms with van der Waals surface area (Å²) in [4.78, 5) is 30.9. The van der Waals surface area contributed by atoms with Crippen LogP contribution in [0, 0.1) is 5.82 Å². The molecule has 1 aliphatic rings. The highest BCUT2D eigenvalue weighted by molar-refractivity contribution is 5.92. The van der Waals surface area contributed by atoms with Crippen LogP contribution in [0.5, 0.6) is 0 Å². The normalized spacial score (nSPS) is 15.2. The molecule has 0 bridgehead atoms. The van der Waals surface area contributed by atoms with Crippen molar-refractivity contribution in [2.75, 3.05) is 38.1 Å². The molecule has 2 heterocycles. The van der Waals surface area contributed by atoms with Crippen LogP contribution in [0.25, 0.3) is 0 Å². The lowest BCUT2D eigenvalue weighted by Crippen LogP contribution is -2.50. The van der Waals surface area contributed by atoms with Crippen molar-refractivity contribution in [1.29, 1.82) is 0 Å². The highest BCUT2D eigenvalue weighted by atomic mass is 19.1. The summed E-state index contributed by atoms with van der Waals surface area (Å²) in [6.07, 6.45) is 0.985. The highest BCUT2D eigenvalue weighted by Crippen LogP contribution is 2.21. The molecule has 132 valence electrons. The van der Waals surface area contributed by atoms with E-state index in [1.165, 1.54) is 13.2 Å². The molecule has 1 aliphatic heterocycles. The van der Waals surface area contributed by atoms with E-state index in [1.54, 1.807) is 9.80 Å². The number of ether oxygens (including phenoxy) is 1. The summed E-state index contributed by atoms with van der Waals surface area (Å²) < 4.78 is 19.6. The van der Waals surface area contributed by atoms with Crippen LogP contribution in [0.3, 0.4) is 0 Å². The van der Waals surface area contributed by atoms with Crippen molar-refractivity contribution < 1.29 is 18.7 Å². The number of piperazine rings is 1. The Labute approximate surface area is 140 Å². The highest BCUT2D eigenvalue weighted by Gasteiger charge is 2.27. The molecule has 1 aromatic heterocycles. The summed E-state index contributed by atoms with van der Waals surface area (Å²) in [5.74, 6) is -0.940. The second-order valence-corrected chi connectivity index (χ2v) is 6.55. The number of anilines is 1. The number of carbonyl (C=O) groups is 2. The Morgan fingerprint density at radius 3 is 2.38 bits per heavy atom. The van der Waals surface area contributed by atoms with Crippen LogP contribution in [-0.2, 0) is 4.74 Å². The molecule has 2 rings (SSSR count). The van der Waals surface area contributed by atoms with E-state index in [0.29, 0.717) is 31.9 Å². The summed E-state index contributed by atoms with van der Waals surface area (Å²) in [6.45, 7) is 7.26. The maximum absolute atomic E-state index is 14.2. The number of rotatable bonds is 2. The minimum Gasteiger partial charge on any atom is -0.444 e. The van der Waals surface area contributed by atoms with Crippen LogP contribution < -0.4 is 10.2 Å². The fourth-order valence-corrected chi connectivity index (χ4v) is 2.36. The zero-order valence-corrected chi connectivity index (χ0v) is 14.4. The molecule has 1 N–H and O–H groups in total. The van der Waals surface area contributed by atoms with Gasteiger partial charge in [-0.2, -0.15) is 0 Å². The summed E-state index contributed by atoms with van der Waals surface area (Å²) >= 11 is 0. The number of nitrogens with one attached hydrogen (secondary N) is 1. The summed E-state index contributed by atoms with van der Waals surface area (Å²) in [5, 5.41) is 2.40. The third-order valence-electron chi connectivity index (χ3n) is 3.57. The Bertz CT molecular complexity index is 622. The summed E-state index contributed by atoms with van der Waals surface area (Å²) in [7, 11) is 1.46. The van der Waals surface area contributed by atoms with Crippen molar-refractivity contribution in [2.24, 2.45) is 0 Å². The number of hydrogen-bond donors (Lipinski definition) is 1. The average Bonchev–Trinajstić information content (AvgIpc) is 2.52. The molecule has 0 spiro atoms. The number of aromatic nitrogens is 1. The molecule has 1 fully saturated rings. The first-order valence-corrected chi connectivity index (χ1v) is 7.82. The topological polar surface area (TPSA) is 74.8 Å². The molecule has 0 saturated carbocycles.